The number of benzene rings is 1. The van der Waals surface area contributed by atoms with Crippen LogP contribution >= 0.6 is 11.3 Å². The zero-order chi connectivity index (χ0) is 17.1. The van der Waals surface area contributed by atoms with Crippen molar-refractivity contribution in [3.05, 3.63) is 57.8 Å². The van der Waals surface area contributed by atoms with Crippen LogP contribution in [0, 0.1) is 0 Å². The standard InChI is InChI=1S/C19H17N3O2S/c23-17(10-9-16-6-3-11-25-16)20-19-22-21-18(24-19)15-8-7-13-4-1-2-5-14(13)12-15/h3,6-12H,1-2,4-5H2,(H,20,22,23). The Labute approximate surface area is 149 Å². The van der Waals surface area contributed by atoms with Crippen molar-refractivity contribution in [2.24, 2.45) is 0 Å². The van der Waals surface area contributed by atoms with Crippen LogP contribution < -0.4 is 5.32 Å². The molecule has 0 saturated heterocycles. The van der Waals surface area contributed by atoms with Crippen LogP contribution in [0.25, 0.3) is 17.5 Å². The fourth-order valence-electron chi connectivity index (χ4n) is 2.95. The first-order chi connectivity index (χ1) is 12.3. The highest BCUT2D eigenvalue weighted by molar-refractivity contribution is 7.10. The number of rotatable bonds is 4. The minimum absolute atomic E-state index is 0.105. The smallest absolute Gasteiger partial charge is 0.322 e. The third-order valence-electron chi connectivity index (χ3n) is 4.19. The molecule has 5 nitrogen and oxygen atoms in total. The molecule has 1 N–H and O–H groups in total. The molecule has 0 fully saturated rings. The number of aromatic nitrogens is 2. The number of nitrogens with one attached hydrogen (secondary N) is 1. The lowest BCUT2D eigenvalue weighted by Gasteiger charge is -2.15. The van der Waals surface area contributed by atoms with E-state index in [1.807, 2.05) is 23.6 Å². The second kappa shape index (κ2) is 7.03. The molecule has 1 aliphatic rings. The summed E-state index contributed by atoms with van der Waals surface area (Å²) in [7, 11) is 0. The van der Waals surface area contributed by atoms with Gasteiger partial charge < -0.3 is 4.42 Å². The Morgan fingerprint density at radius 2 is 2.04 bits per heavy atom. The number of fused-ring (bicyclic) bond motifs is 1. The third-order valence-corrected chi connectivity index (χ3v) is 5.03. The summed E-state index contributed by atoms with van der Waals surface area (Å²) in [5.74, 6) is 0.125. The first kappa shape index (κ1) is 15.8. The van der Waals surface area contributed by atoms with Gasteiger partial charge in [-0.2, -0.15) is 0 Å². The van der Waals surface area contributed by atoms with Crippen molar-refractivity contribution in [2.75, 3.05) is 5.32 Å². The van der Waals surface area contributed by atoms with Crippen LogP contribution in [0.5, 0.6) is 0 Å². The van der Waals surface area contributed by atoms with E-state index >= 15 is 0 Å². The van der Waals surface area contributed by atoms with Gasteiger partial charge in [0.2, 0.25) is 5.89 Å². The number of anilines is 1. The van der Waals surface area contributed by atoms with Crippen molar-refractivity contribution in [1.82, 2.24) is 10.2 Å². The number of hydrogen-bond donors (Lipinski definition) is 1. The van der Waals surface area contributed by atoms with Crippen molar-refractivity contribution < 1.29 is 9.21 Å². The van der Waals surface area contributed by atoms with Crippen LogP contribution in [0.4, 0.5) is 6.01 Å². The fraction of sp³-hybridized carbons (Fsp3) is 0.211. The summed E-state index contributed by atoms with van der Waals surface area (Å²) in [4.78, 5) is 12.9. The van der Waals surface area contributed by atoms with Crippen molar-refractivity contribution >= 4 is 29.3 Å². The molecule has 3 aromatic rings. The van der Waals surface area contributed by atoms with Crippen LogP contribution in [0.2, 0.25) is 0 Å². The molecule has 0 atom stereocenters. The van der Waals surface area contributed by atoms with Crippen molar-refractivity contribution in [2.45, 2.75) is 25.7 Å². The monoisotopic (exact) mass is 351 g/mol. The van der Waals surface area contributed by atoms with E-state index in [4.69, 9.17) is 4.42 Å². The van der Waals surface area contributed by atoms with Gasteiger partial charge in [0, 0.05) is 16.5 Å². The molecular weight excluding hydrogens is 334 g/mol. The molecule has 126 valence electrons. The molecule has 0 spiro atoms. The summed E-state index contributed by atoms with van der Waals surface area (Å²) < 4.78 is 5.58. The SMILES string of the molecule is O=C(C=Cc1cccs1)Nc1nnc(-c2ccc3c(c2)CCCC3)o1. The second-order valence-electron chi connectivity index (χ2n) is 5.94. The summed E-state index contributed by atoms with van der Waals surface area (Å²) in [5, 5.41) is 12.5. The topological polar surface area (TPSA) is 68.0 Å². The van der Waals surface area contributed by atoms with Gasteiger partial charge in [0.05, 0.1) is 0 Å². The Hall–Kier alpha value is -2.73. The molecule has 2 aromatic heterocycles. The highest BCUT2D eigenvalue weighted by Crippen LogP contribution is 2.27. The summed E-state index contributed by atoms with van der Waals surface area (Å²) in [6.07, 6.45) is 7.90. The van der Waals surface area contributed by atoms with E-state index in [2.05, 4.69) is 27.6 Å². The van der Waals surface area contributed by atoms with Gasteiger partial charge >= 0.3 is 6.01 Å². The van der Waals surface area contributed by atoms with Gasteiger partial charge in [0.1, 0.15) is 0 Å². The Kier molecular flexibility index (Phi) is 4.43. The summed E-state index contributed by atoms with van der Waals surface area (Å²) in [6, 6.07) is 10.2. The van der Waals surface area contributed by atoms with Gasteiger partial charge in [-0.05, 0) is 66.5 Å². The number of thiophene rings is 1. The van der Waals surface area contributed by atoms with E-state index < -0.39 is 0 Å². The summed E-state index contributed by atoms with van der Waals surface area (Å²) in [5.41, 5.74) is 3.65. The minimum atomic E-state index is -0.297. The normalized spacial score (nSPS) is 13.8. The summed E-state index contributed by atoms with van der Waals surface area (Å²) >= 11 is 1.57. The first-order valence-corrected chi connectivity index (χ1v) is 9.14. The lowest BCUT2D eigenvalue weighted by atomic mass is 9.90. The van der Waals surface area contributed by atoms with Crippen LogP contribution in [0.1, 0.15) is 28.8 Å². The average Bonchev–Trinajstić information content (AvgIpc) is 3.31. The molecule has 1 aliphatic carbocycles. The van der Waals surface area contributed by atoms with E-state index in [-0.39, 0.29) is 11.9 Å². The van der Waals surface area contributed by atoms with E-state index in [0.717, 1.165) is 23.3 Å². The number of aryl methyl sites for hydroxylation is 2. The van der Waals surface area contributed by atoms with Gasteiger partial charge in [0.15, 0.2) is 0 Å². The van der Waals surface area contributed by atoms with Gasteiger partial charge in [-0.15, -0.1) is 16.4 Å². The third kappa shape index (κ3) is 3.69. The highest BCUT2D eigenvalue weighted by Gasteiger charge is 2.14. The van der Waals surface area contributed by atoms with Gasteiger partial charge in [-0.3, -0.25) is 10.1 Å². The highest BCUT2D eigenvalue weighted by atomic mass is 32.1. The second-order valence-corrected chi connectivity index (χ2v) is 6.92. The van der Waals surface area contributed by atoms with Crippen LogP contribution in [-0.2, 0) is 17.6 Å². The van der Waals surface area contributed by atoms with Gasteiger partial charge in [-0.25, -0.2) is 0 Å². The molecule has 1 aromatic carbocycles. The maximum absolute atomic E-state index is 11.9. The molecule has 4 rings (SSSR count). The molecule has 0 unspecified atom stereocenters. The predicted molar refractivity (Wildman–Crippen MR) is 98.4 cm³/mol. The molecule has 0 aliphatic heterocycles. The maximum atomic E-state index is 11.9. The van der Waals surface area contributed by atoms with Crippen LogP contribution in [-0.4, -0.2) is 16.1 Å². The predicted octanol–water partition coefficient (Wildman–Crippen LogP) is 4.33. The molecule has 0 bridgehead atoms. The quantitative estimate of drug-likeness (QED) is 0.711. The Balaban J connectivity index is 1.46. The molecule has 1 amide bonds. The largest absolute Gasteiger partial charge is 0.403 e. The van der Waals surface area contributed by atoms with Crippen LogP contribution in [0.3, 0.4) is 0 Å². The van der Waals surface area contributed by atoms with Crippen molar-refractivity contribution in [3.63, 3.8) is 0 Å². The summed E-state index contributed by atoms with van der Waals surface area (Å²) in [6.45, 7) is 0. The first-order valence-electron chi connectivity index (χ1n) is 8.26. The van der Waals surface area contributed by atoms with E-state index in [1.54, 1.807) is 17.4 Å². The Morgan fingerprint density at radius 1 is 1.16 bits per heavy atom. The van der Waals surface area contributed by atoms with Gasteiger partial charge in [-0.1, -0.05) is 17.2 Å². The molecule has 0 radical (unpaired) electrons. The fourth-order valence-corrected chi connectivity index (χ4v) is 3.57. The van der Waals surface area contributed by atoms with Crippen molar-refractivity contribution in [1.29, 1.82) is 0 Å². The number of amides is 1. The van der Waals surface area contributed by atoms with Crippen molar-refractivity contribution in [3.8, 4) is 11.5 Å². The van der Waals surface area contributed by atoms with Crippen LogP contribution in [0.15, 0.2) is 46.2 Å². The van der Waals surface area contributed by atoms with E-state index in [9.17, 15) is 4.79 Å². The number of nitrogens with zero attached hydrogens (tertiary/aromatic N) is 2. The zero-order valence-electron chi connectivity index (χ0n) is 13.6. The van der Waals surface area contributed by atoms with E-state index in [1.165, 1.54) is 30.0 Å². The minimum Gasteiger partial charge on any atom is -0.403 e. The molecule has 2 heterocycles. The number of carbonyl (C=O) groups excluding carboxylic acids is 1. The molecule has 0 saturated carbocycles. The Bertz CT molecular complexity index is 913. The lowest BCUT2D eigenvalue weighted by Crippen LogP contribution is -2.07. The van der Waals surface area contributed by atoms with Gasteiger partial charge in [0.25, 0.3) is 5.91 Å². The van der Waals surface area contributed by atoms with E-state index in [0.29, 0.717) is 5.89 Å². The molecule has 25 heavy (non-hydrogen) atoms. The molecular formula is C19H17N3O2S. The number of hydrogen-bond acceptors (Lipinski definition) is 5. The zero-order valence-corrected chi connectivity index (χ0v) is 14.4. The Morgan fingerprint density at radius 3 is 2.88 bits per heavy atom. The maximum Gasteiger partial charge on any atom is 0.322 e. The average molecular weight is 351 g/mol. The molecule has 6 heteroatoms. The number of carbonyl (C=O) groups is 1. The lowest BCUT2D eigenvalue weighted by molar-refractivity contribution is -0.112.